The summed E-state index contributed by atoms with van der Waals surface area (Å²) in [5, 5.41) is 9.72. The highest BCUT2D eigenvalue weighted by atomic mass is 16.5. The molecule has 0 radical (unpaired) electrons. The van der Waals surface area contributed by atoms with Crippen LogP contribution in [0.25, 0.3) is 0 Å². The summed E-state index contributed by atoms with van der Waals surface area (Å²) in [6.07, 6.45) is 0.668. The lowest BCUT2D eigenvalue weighted by Gasteiger charge is -2.19. The Bertz CT molecular complexity index is 406. The van der Waals surface area contributed by atoms with E-state index in [9.17, 15) is 5.11 Å². The number of nitrogens with zero attached hydrogens (tertiary/aromatic N) is 1. The third-order valence-corrected chi connectivity index (χ3v) is 3.31. The Labute approximate surface area is 108 Å². The Kier molecular flexibility index (Phi) is 4.09. The number of aliphatic hydroxyl groups excluding tert-OH is 1. The van der Waals surface area contributed by atoms with Crippen molar-refractivity contribution in [2.45, 2.75) is 25.6 Å². The molecule has 0 bridgehead atoms. The molecule has 0 saturated carbocycles. The van der Waals surface area contributed by atoms with Crippen LogP contribution in [0.2, 0.25) is 0 Å². The molecule has 1 aliphatic heterocycles. The highest BCUT2D eigenvalue weighted by Crippen LogP contribution is 2.35. The van der Waals surface area contributed by atoms with Gasteiger partial charge in [-0.25, -0.2) is 0 Å². The van der Waals surface area contributed by atoms with Crippen LogP contribution in [0.1, 0.15) is 25.0 Å². The number of hydrogen-bond acceptors (Lipinski definition) is 4. The molecule has 1 fully saturated rings. The Morgan fingerprint density at radius 2 is 2.22 bits per heavy atom. The third kappa shape index (κ3) is 2.76. The summed E-state index contributed by atoms with van der Waals surface area (Å²) in [6, 6.07) is 5.64. The maximum atomic E-state index is 9.72. The van der Waals surface area contributed by atoms with Gasteiger partial charge in [0.2, 0.25) is 0 Å². The van der Waals surface area contributed by atoms with Gasteiger partial charge >= 0.3 is 0 Å². The molecule has 2 unspecified atom stereocenters. The monoisotopic (exact) mass is 251 g/mol. The van der Waals surface area contributed by atoms with Gasteiger partial charge < -0.3 is 19.5 Å². The van der Waals surface area contributed by atoms with Gasteiger partial charge in [-0.1, -0.05) is 12.1 Å². The third-order valence-electron chi connectivity index (χ3n) is 3.31. The van der Waals surface area contributed by atoms with Crippen LogP contribution in [0.15, 0.2) is 18.2 Å². The molecule has 4 heteroatoms. The number of ether oxygens (including phenoxy) is 2. The molecule has 1 aliphatic rings. The van der Waals surface area contributed by atoms with Gasteiger partial charge in [-0.05, 0) is 26.5 Å². The van der Waals surface area contributed by atoms with Crippen LogP contribution in [0.5, 0.6) is 11.5 Å². The quantitative estimate of drug-likeness (QED) is 0.886. The van der Waals surface area contributed by atoms with Gasteiger partial charge in [0.1, 0.15) is 6.10 Å². The van der Waals surface area contributed by atoms with E-state index >= 15 is 0 Å². The molecular weight excluding hydrogens is 230 g/mol. The largest absolute Gasteiger partial charge is 0.492 e. The number of para-hydroxylation sites is 1. The first kappa shape index (κ1) is 13.2. The first-order chi connectivity index (χ1) is 8.61. The second-order valence-corrected chi connectivity index (χ2v) is 4.85. The molecule has 4 nitrogen and oxygen atoms in total. The normalized spacial score (nSPS) is 21.9. The topological polar surface area (TPSA) is 41.9 Å². The van der Waals surface area contributed by atoms with Crippen LogP contribution in [0.3, 0.4) is 0 Å². The van der Waals surface area contributed by atoms with Crippen LogP contribution in [-0.2, 0) is 0 Å². The lowest BCUT2D eigenvalue weighted by atomic mass is 10.1. The van der Waals surface area contributed by atoms with Gasteiger partial charge in [-0.3, -0.25) is 0 Å². The zero-order chi connectivity index (χ0) is 13.1. The fourth-order valence-electron chi connectivity index (χ4n) is 2.34. The van der Waals surface area contributed by atoms with Gasteiger partial charge in [0.15, 0.2) is 11.5 Å². The van der Waals surface area contributed by atoms with Crippen molar-refractivity contribution in [1.29, 1.82) is 0 Å². The average molecular weight is 251 g/mol. The van der Waals surface area contributed by atoms with Crippen LogP contribution in [0.4, 0.5) is 0 Å². The maximum Gasteiger partial charge on any atom is 0.166 e. The summed E-state index contributed by atoms with van der Waals surface area (Å²) in [5.41, 5.74) is 0.765. The minimum absolute atomic E-state index is 0.202. The van der Waals surface area contributed by atoms with Crippen molar-refractivity contribution in [3.8, 4) is 11.5 Å². The number of rotatable bonds is 4. The SMILES string of the molecule is COc1c(OC2CCN(C)C2)cccc1C(C)O. The molecule has 100 valence electrons. The second kappa shape index (κ2) is 5.59. The van der Waals surface area contributed by atoms with Crippen LogP contribution in [-0.4, -0.2) is 43.4 Å². The molecule has 1 N–H and O–H groups in total. The van der Waals surface area contributed by atoms with Gasteiger partial charge in [0.05, 0.1) is 13.2 Å². The van der Waals surface area contributed by atoms with Gasteiger partial charge in [-0.15, -0.1) is 0 Å². The predicted molar refractivity (Wildman–Crippen MR) is 70.2 cm³/mol. The van der Waals surface area contributed by atoms with E-state index in [-0.39, 0.29) is 6.10 Å². The Balaban J connectivity index is 2.19. The van der Waals surface area contributed by atoms with Crippen molar-refractivity contribution in [2.75, 3.05) is 27.2 Å². The number of benzene rings is 1. The second-order valence-electron chi connectivity index (χ2n) is 4.85. The van der Waals surface area contributed by atoms with Crippen LogP contribution >= 0.6 is 0 Å². The molecule has 1 aromatic rings. The maximum absolute atomic E-state index is 9.72. The molecule has 1 saturated heterocycles. The number of likely N-dealkylation sites (N-methyl/N-ethyl adjacent to an activating group) is 1. The lowest BCUT2D eigenvalue weighted by Crippen LogP contribution is -2.21. The van der Waals surface area contributed by atoms with Crippen molar-refractivity contribution in [2.24, 2.45) is 0 Å². The summed E-state index contributed by atoms with van der Waals surface area (Å²) in [5.74, 6) is 1.36. The molecule has 0 amide bonds. The number of aliphatic hydroxyl groups is 1. The van der Waals surface area contributed by atoms with E-state index < -0.39 is 6.10 Å². The smallest absolute Gasteiger partial charge is 0.166 e. The van der Waals surface area contributed by atoms with Crippen molar-refractivity contribution in [3.63, 3.8) is 0 Å². The Morgan fingerprint density at radius 1 is 1.44 bits per heavy atom. The molecule has 0 spiro atoms. The summed E-state index contributed by atoms with van der Waals surface area (Å²) in [6.45, 7) is 3.72. The van der Waals surface area contributed by atoms with E-state index in [2.05, 4.69) is 11.9 Å². The first-order valence-electron chi connectivity index (χ1n) is 6.32. The van der Waals surface area contributed by atoms with Crippen molar-refractivity contribution >= 4 is 0 Å². The fraction of sp³-hybridized carbons (Fsp3) is 0.571. The standard InChI is InChI=1S/C14H21NO3/c1-10(16)12-5-4-6-13(14(12)17-3)18-11-7-8-15(2)9-11/h4-6,10-11,16H,7-9H2,1-3H3. The molecule has 2 rings (SSSR count). The molecule has 2 atom stereocenters. The van der Waals surface area contributed by atoms with Crippen LogP contribution < -0.4 is 9.47 Å². The van der Waals surface area contributed by atoms with E-state index in [1.54, 1.807) is 14.0 Å². The summed E-state index contributed by atoms with van der Waals surface area (Å²) in [4.78, 5) is 2.25. The molecule has 0 aromatic heterocycles. The van der Waals surface area contributed by atoms with Gasteiger partial charge in [-0.2, -0.15) is 0 Å². The fourth-order valence-corrected chi connectivity index (χ4v) is 2.34. The molecule has 1 heterocycles. The minimum Gasteiger partial charge on any atom is -0.492 e. The highest BCUT2D eigenvalue weighted by molar-refractivity contribution is 5.47. The van der Waals surface area contributed by atoms with Crippen molar-refractivity contribution < 1.29 is 14.6 Å². The van der Waals surface area contributed by atoms with E-state index in [4.69, 9.17) is 9.47 Å². The number of methoxy groups -OCH3 is 1. The van der Waals surface area contributed by atoms with Crippen molar-refractivity contribution in [3.05, 3.63) is 23.8 Å². The summed E-state index contributed by atoms with van der Waals surface area (Å²) >= 11 is 0. The minimum atomic E-state index is -0.560. The molecule has 1 aromatic carbocycles. The van der Waals surface area contributed by atoms with E-state index in [0.29, 0.717) is 5.75 Å². The predicted octanol–water partition coefficient (Wildman–Crippen LogP) is 1.83. The molecular formula is C14H21NO3. The van der Waals surface area contributed by atoms with E-state index in [0.717, 1.165) is 30.8 Å². The number of hydrogen-bond donors (Lipinski definition) is 1. The lowest BCUT2D eigenvalue weighted by molar-refractivity contribution is 0.182. The van der Waals surface area contributed by atoms with Gasteiger partial charge in [0.25, 0.3) is 0 Å². The van der Waals surface area contributed by atoms with Crippen LogP contribution in [0, 0.1) is 0 Å². The van der Waals surface area contributed by atoms with Crippen molar-refractivity contribution in [1.82, 2.24) is 4.90 Å². The Hall–Kier alpha value is -1.26. The first-order valence-corrected chi connectivity index (χ1v) is 6.32. The molecule has 18 heavy (non-hydrogen) atoms. The zero-order valence-electron chi connectivity index (χ0n) is 11.2. The average Bonchev–Trinajstić information content (AvgIpc) is 2.74. The summed E-state index contributed by atoms with van der Waals surface area (Å²) < 4.78 is 11.4. The molecule has 0 aliphatic carbocycles. The Morgan fingerprint density at radius 3 is 2.78 bits per heavy atom. The summed E-state index contributed by atoms with van der Waals surface area (Å²) in [7, 11) is 3.70. The van der Waals surface area contributed by atoms with E-state index in [1.807, 2.05) is 18.2 Å². The van der Waals surface area contributed by atoms with E-state index in [1.165, 1.54) is 0 Å². The van der Waals surface area contributed by atoms with Gasteiger partial charge in [0, 0.05) is 18.7 Å². The number of likely N-dealkylation sites (tertiary alicyclic amines) is 1. The highest BCUT2D eigenvalue weighted by Gasteiger charge is 2.23. The zero-order valence-corrected chi connectivity index (χ0v) is 11.2.